The van der Waals surface area contributed by atoms with Gasteiger partial charge in [0, 0.05) is 0 Å². The number of allylic oxidation sites excluding steroid dienone is 1. The van der Waals surface area contributed by atoms with Gasteiger partial charge in [0.05, 0.1) is 51.6 Å². The fraction of sp³-hybridized carbons (Fsp3) is 0.240. The number of carbonyl (C=O) groups excluding carboxylic acids is 1. The van der Waals surface area contributed by atoms with Gasteiger partial charge in [0.2, 0.25) is 0 Å². The summed E-state index contributed by atoms with van der Waals surface area (Å²) >= 11 is 8.02. The fourth-order valence-electron chi connectivity index (χ4n) is 3.94. The van der Waals surface area contributed by atoms with Crippen molar-refractivity contribution in [1.29, 1.82) is 0 Å². The third kappa shape index (κ3) is 4.74. The second-order valence-electron chi connectivity index (χ2n) is 7.75. The molecular formula is C25H22Br2N2O6S. The number of fused-ring (bicyclic) bond motifs is 1. The van der Waals surface area contributed by atoms with Crippen molar-refractivity contribution < 1.29 is 24.1 Å². The van der Waals surface area contributed by atoms with E-state index in [0.29, 0.717) is 46.4 Å². The lowest BCUT2D eigenvalue weighted by Crippen LogP contribution is -2.39. The minimum atomic E-state index is -0.745. The van der Waals surface area contributed by atoms with Gasteiger partial charge in [-0.05, 0) is 87.2 Å². The Balaban J connectivity index is 1.96. The average molecular weight is 638 g/mol. The first-order valence-corrected chi connectivity index (χ1v) is 13.2. The van der Waals surface area contributed by atoms with Crippen molar-refractivity contribution in [2.75, 3.05) is 20.8 Å². The molecular weight excluding hydrogens is 616 g/mol. The summed E-state index contributed by atoms with van der Waals surface area (Å²) in [5, 5.41) is 10.1. The van der Waals surface area contributed by atoms with Crippen molar-refractivity contribution >= 4 is 55.2 Å². The van der Waals surface area contributed by atoms with Gasteiger partial charge >= 0.3 is 5.97 Å². The number of phenolic OH excluding ortho intramolecular Hbond substituents is 1. The van der Waals surface area contributed by atoms with E-state index in [4.69, 9.17) is 14.2 Å². The Bertz CT molecular complexity index is 1570. The van der Waals surface area contributed by atoms with Crippen molar-refractivity contribution in [1.82, 2.24) is 4.57 Å². The van der Waals surface area contributed by atoms with E-state index in [1.807, 2.05) is 12.1 Å². The number of aromatic hydroxyl groups is 1. The Morgan fingerprint density at radius 1 is 1.17 bits per heavy atom. The number of rotatable bonds is 6. The maximum Gasteiger partial charge on any atom is 0.338 e. The zero-order valence-electron chi connectivity index (χ0n) is 19.8. The van der Waals surface area contributed by atoms with Crippen molar-refractivity contribution in [2.24, 2.45) is 4.99 Å². The maximum atomic E-state index is 13.7. The Kier molecular flexibility index (Phi) is 7.72. The Morgan fingerprint density at radius 3 is 2.53 bits per heavy atom. The van der Waals surface area contributed by atoms with E-state index in [1.54, 1.807) is 45.2 Å². The van der Waals surface area contributed by atoms with E-state index in [0.717, 1.165) is 0 Å². The van der Waals surface area contributed by atoms with Crippen molar-refractivity contribution in [3.8, 4) is 17.2 Å². The van der Waals surface area contributed by atoms with Gasteiger partial charge in [-0.3, -0.25) is 9.36 Å². The van der Waals surface area contributed by atoms with Crippen LogP contribution >= 0.6 is 43.2 Å². The van der Waals surface area contributed by atoms with Crippen LogP contribution in [0.15, 0.2) is 60.3 Å². The van der Waals surface area contributed by atoms with Crippen LogP contribution in [-0.4, -0.2) is 36.5 Å². The number of carbonyl (C=O) groups is 1. The first-order chi connectivity index (χ1) is 17.2. The molecule has 2 aromatic carbocycles. The Hall–Kier alpha value is -2.89. The van der Waals surface area contributed by atoms with Gasteiger partial charge in [-0.25, -0.2) is 9.79 Å². The van der Waals surface area contributed by atoms with Crippen molar-refractivity contribution in [2.45, 2.75) is 19.9 Å². The molecule has 0 fully saturated rings. The van der Waals surface area contributed by atoms with E-state index in [2.05, 4.69) is 36.9 Å². The van der Waals surface area contributed by atoms with Gasteiger partial charge in [-0.2, -0.15) is 0 Å². The first-order valence-electron chi connectivity index (χ1n) is 10.8. The third-order valence-corrected chi connectivity index (χ3v) is 7.78. The normalized spacial score (nSPS) is 15.4. The van der Waals surface area contributed by atoms with E-state index >= 15 is 0 Å². The molecule has 11 heteroatoms. The molecule has 1 N–H and O–H groups in total. The van der Waals surface area contributed by atoms with Crippen LogP contribution in [0.2, 0.25) is 0 Å². The summed E-state index contributed by atoms with van der Waals surface area (Å²) in [4.78, 5) is 31.8. The SMILES string of the molecule is CCOC(=O)C1=C(C)N=c2s/c(=C/c3cc(Br)c(O)c(OC)c3)c(=O)n2[C@H]1c1ccc(OC)c(Br)c1. The number of nitrogens with zero attached hydrogens (tertiary/aromatic N) is 2. The second kappa shape index (κ2) is 10.6. The number of phenols is 1. The molecule has 1 aliphatic heterocycles. The van der Waals surface area contributed by atoms with Gasteiger partial charge in [0.25, 0.3) is 5.56 Å². The number of esters is 1. The largest absolute Gasteiger partial charge is 0.503 e. The molecule has 0 unspecified atom stereocenters. The van der Waals surface area contributed by atoms with Gasteiger partial charge in [-0.1, -0.05) is 17.4 Å². The standard InChI is InChI=1S/C25H22Br2N2O6S/c1-5-35-24(32)20-12(2)28-25-29(21(20)14-6-7-17(33-3)15(26)11-14)23(31)19(36-25)10-13-8-16(27)22(30)18(9-13)34-4/h6-11,21,30H,5H2,1-4H3/b19-10+/t21-/m0/s1. The molecule has 36 heavy (non-hydrogen) atoms. The first kappa shape index (κ1) is 26.2. The number of methoxy groups -OCH3 is 2. The summed E-state index contributed by atoms with van der Waals surface area (Å²) in [6.07, 6.45) is 1.70. The summed E-state index contributed by atoms with van der Waals surface area (Å²) in [6, 6.07) is 7.97. The number of thiazole rings is 1. The second-order valence-corrected chi connectivity index (χ2v) is 10.5. The highest BCUT2D eigenvalue weighted by Crippen LogP contribution is 2.36. The highest BCUT2D eigenvalue weighted by molar-refractivity contribution is 9.10. The monoisotopic (exact) mass is 636 g/mol. The van der Waals surface area contributed by atoms with Crippen LogP contribution in [0, 0.1) is 0 Å². The van der Waals surface area contributed by atoms with E-state index in [9.17, 15) is 14.7 Å². The highest BCUT2D eigenvalue weighted by atomic mass is 79.9. The smallest absolute Gasteiger partial charge is 0.338 e. The van der Waals surface area contributed by atoms with Gasteiger partial charge in [-0.15, -0.1) is 0 Å². The number of benzene rings is 2. The van der Waals surface area contributed by atoms with Crippen LogP contribution in [0.3, 0.4) is 0 Å². The molecule has 0 saturated carbocycles. The van der Waals surface area contributed by atoms with E-state index in [-0.39, 0.29) is 23.7 Å². The van der Waals surface area contributed by atoms with Gasteiger partial charge in [0.1, 0.15) is 5.75 Å². The topological polar surface area (TPSA) is 99.4 Å². The minimum absolute atomic E-state index is 0.0316. The molecule has 188 valence electrons. The molecule has 1 atom stereocenters. The molecule has 0 amide bonds. The van der Waals surface area contributed by atoms with Crippen molar-refractivity contribution in [3.05, 3.63) is 81.4 Å². The van der Waals surface area contributed by atoms with Crippen molar-refractivity contribution in [3.63, 3.8) is 0 Å². The van der Waals surface area contributed by atoms with E-state index in [1.165, 1.54) is 23.0 Å². The lowest BCUT2D eigenvalue weighted by Gasteiger charge is -2.25. The molecule has 0 radical (unpaired) electrons. The Labute approximate surface area is 227 Å². The van der Waals surface area contributed by atoms with Gasteiger partial charge < -0.3 is 19.3 Å². The van der Waals surface area contributed by atoms with Crippen LogP contribution in [0.1, 0.15) is 31.0 Å². The molecule has 1 aromatic heterocycles. The number of ether oxygens (including phenoxy) is 3. The van der Waals surface area contributed by atoms with Crippen LogP contribution in [-0.2, 0) is 9.53 Å². The van der Waals surface area contributed by atoms with Crippen LogP contribution in [0.25, 0.3) is 6.08 Å². The zero-order chi connectivity index (χ0) is 26.1. The summed E-state index contributed by atoms with van der Waals surface area (Å²) in [5.41, 5.74) is 1.80. The summed E-state index contributed by atoms with van der Waals surface area (Å²) in [5.74, 6) is 0.328. The fourth-order valence-corrected chi connectivity index (χ4v) is 6.01. The predicted octanol–water partition coefficient (Wildman–Crippen LogP) is 4.05. The molecule has 0 saturated heterocycles. The minimum Gasteiger partial charge on any atom is -0.503 e. The highest BCUT2D eigenvalue weighted by Gasteiger charge is 2.33. The number of aromatic nitrogens is 1. The molecule has 0 aliphatic carbocycles. The zero-order valence-corrected chi connectivity index (χ0v) is 23.8. The van der Waals surface area contributed by atoms with Gasteiger partial charge in [0.15, 0.2) is 16.3 Å². The molecule has 8 nitrogen and oxygen atoms in total. The molecule has 1 aliphatic rings. The quantitative estimate of drug-likeness (QED) is 0.410. The molecule has 4 rings (SSSR count). The molecule has 0 bridgehead atoms. The predicted molar refractivity (Wildman–Crippen MR) is 143 cm³/mol. The summed E-state index contributed by atoms with van der Waals surface area (Å²) in [6.45, 7) is 3.65. The lowest BCUT2D eigenvalue weighted by molar-refractivity contribution is -0.139. The maximum absolute atomic E-state index is 13.7. The third-order valence-electron chi connectivity index (χ3n) is 5.58. The Morgan fingerprint density at radius 2 is 1.89 bits per heavy atom. The molecule has 2 heterocycles. The van der Waals surface area contributed by atoms with Crippen LogP contribution in [0.4, 0.5) is 0 Å². The number of halogens is 2. The molecule has 0 spiro atoms. The number of hydrogen-bond acceptors (Lipinski definition) is 8. The van der Waals surface area contributed by atoms with E-state index < -0.39 is 12.0 Å². The lowest BCUT2D eigenvalue weighted by atomic mass is 9.96. The van der Waals surface area contributed by atoms with Crippen LogP contribution < -0.4 is 24.4 Å². The average Bonchev–Trinajstić information content (AvgIpc) is 3.14. The van der Waals surface area contributed by atoms with Crippen LogP contribution in [0.5, 0.6) is 17.2 Å². The summed E-state index contributed by atoms with van der Waals surface area (Å²) in [7, 11) is 3.01. The summed E-state index contributed by atoms with van der Waals surface area (Å²) < 4.78 is 18.9. The molecule has 3 aromatic rings. The number of hydrogen-bond donors (Lipinski definition) is 1.